The van der Waals surface area contributed by atoms with E-state index in [2.05, 4.69) is 30.4 Å². The van der Waals surface area contributed by atoms with Crippen LogP contribution in [0.4, 0.5) is 0 Å². The van der Waals surface area contributed by atoms with Crippen LogP contribution in [0.15, 0.2) is 29.4 Å². The van der Waals surface area contributed by atoms with Crippen molar-refractivity contribution in [3.63, 3.8) is 0 Å². The van der Waals surface area contributed by atoms with Crippen LogP contribution in [-0.2, 0) is 11.3 Å². The van der Waals surface area contributed by atoms with Crippen molar-refractivity contribution in [1.29, 1.82) is 0 Å². The summed E-state index contributed by atoms with van der Waals surface area (Å²) in [5.74, 6) is 0. The third-order valence-electron chi connectivity index (χ3n) is 1.70. The van der Waals surface area contributed by atoms with Crippen molar-refractivity contribution in [2.75, 3.05) is 6.61 Å². The van der Waals surface area contributed by atoms with Gasteiger partial charge in [0.25, 0.3) is 0 Å². The van der Waals surface area contributed by atoms with Crippen molar-refractivity contribution >= 4 is 6.21 Å². The van der Waals surface area contributed by atoms with Gasteiger partial charge in [0.2, 0.25) is 0 Å². The summed E-state index contributed by atoms with van der Waals surface area (Å²) in [7, 11) is 0. The maximum atomic E-state index is 4.82. The molecule has 1 rings (SSSR count). The highest BCUT2D eigenvalue weighted by atomic mass is 16.6. The molecule has 0 atom stereocenters. The van der Waals surface area contributed by atoms with E-state index in [-0.39, 0.29) is 0 Å². The fraction of sp³-hybridized carbons (Fsp3) is 0.364. The van der Waals surface area contributed by atoms with Gasteiger partial charge in [-0.3, -0.25) is 0 Å². The second kappa shape index (κ2) is 5.36. The molecule has 0 saturated carbocycles. The molecular formula is C11H14NO. The Hall–Kier alpha value is -1.31. The molecule has 13 heavy (non-hydrogen) atoms. The summed E-state index contributed by atoms with van der Waals surface area (Å²) in [6.45, 7) is 4.60. The lowest BCUT2D eigenvalue weighted by Crippen LogP contribution is -1.86. The average molecular weight is 176 g/mol. The first kappa shape index (κ1) is 9.78. The number of rotatable bonds is 4. The topological polar surface area (TPSA) is 21.6 Å². The minimum Gasteiger partial charge on any atom is -0.396 e. The summed E-state index contributed by atoms with van der Waals surface area (Å²) in [6.07, 6.45) is 3.85. The predicted octanol–water partition coefficient (Wildman–Crippen LogP) is 2.50. The van der Waals surface area contributed by atoms with E-state index in [9.17, 15) is 0 Å². The van der Waals surface area contributed by atoms with E-state index in [0.29, 0.717) is 6.61 Å². The third kappa shape index (κ3) is 3.28. The highest BCUT2D eigenvalue weighted by molar-refractivity contribution is 5.79. The fourth-order valence-electron chi connectivity index (χ4n) is 1.01. The minimum atomic E-state index is 0.584. The highest BCUT2D eigenvalue weighted by Gasteiger charge is 1.91. The molecule has 0 aromatic heterocycles. The van der Waals surface area contributed by atoms with E-state index in [0.717, 1.165) is 12.0 Å². The van der Waals surface area contributed by atoms with Crippen LogP contribution in [0, 0.1) is 0 Å². The van der Waals surface area contributed by atoms with Crippen LogP contribution in [0.3, 0.4) is 0 Å². The van der Waals surface area contributed by atoms with Gasteiger partial charge >= 0.3 is 0 Å². The number of aryl methyl sites for hydroxylation is 1. The lowest BCUT2D eigenvalue weighted by atomic mass is 10.1. The number of hydrogen-bond donors (Lipinski definition) is 0. The Kier molecular flexibility index (Phi) is 4.03. The zero-order valence-corrected chi connectivity index (χ0v) is 8.08. The molecule has 1 radical (unpaired) electrons. The molecule has 0 aliphatic rings. The Bertz CT molecular complexity index is 281. The van der Waals surface area contributed by atoms with Gasteiger partial charge in [-0.25, -0.2) is 0 Å². The highest BCUT2D eigenvalue weighted by Crippen LogP contribution is 2.03. The average Bonchev–Trinajstić information content (AvgIpc) is 2.19. The molecule has 69 valence electrons. The Balaban J connectivity index is 2.66. The van der Waals surface area contributed by atoms with Gasteiger partial charge in [0.15, 0.2) is 0 Å². The second-order valence-corrected chi connectivity index (χ2v) is 2.67. The van der Waals surface area contributed by atoms with Crippen LogP contribution in [0.2, 0.25) is 0 Å². The van der Waals surface area contributed by atoms with Gasteiger partial charge in [0.05, 0.1) is 0 Å². The van der Waals surface area contributed by atoms with Crippen LogP contribution in [0.5, 0.6) is 0 Å². The van der Waals surface area contributed by atoms with Crippen molar-refractivity contribution in [3.05, 3.63) is 35.4 Å². The van der Waals surface area contributed by atoms with Crippen molar-refractivity contribution in [2.24, 2.45) is 5.16 Å². The zero-order valence-electron chi connectivity index (χ0n) is 8.08. The van der Waals surface area contributed by atoms with Gasteiger partial charge < -0.3 is 4.84 Å². The van der Waals surface area contributed by atoms with Crippen LogP contribution in [0.1, 0.15) is 25.0 Å². The first-order valence-electron chi connectivity index (χ1n) is 4.53. The van der Waals surface area contributed by atoms with Crippen LogP contribution < -0.4 is 0 Å². The van der Waals surface area contributed by atoms with E-state index >= 15 is 0 Å². The number of nitrogens with zero attached hydrogens (tertiary/aromatic N) is 1. The van der Waals surface area contributed by atoms with Crippen molar-refractivity contribution in [1.82, 2.24) is 0 Å². The maximum Gasteiger partial charge on any atom is 0.139 e. The predicted molar refractivity (Wildman–Crippen MR) is 54.0 cm³/mol. The molecule has 1 aromatic rings. The summed E-state index contributed by atoms with van der Waals surface area (Å²) < 4.78 is 0. The molecule has 1 aromatic carbocycles. The van der Waals surface area contributed by atoms with Crippen LogP contribution in [-0.4, -0.2) is 12.8 Å². The van der Waals surface area contributed by atoms with E-state index in [1.807, 2.05) is 19.1 Å². The molecule has 0 aliphatic carbocycles. The lowest BCUT2D eigenvalue weighted by Gasteiger charge is -1.96. The van der Waals surface area contributed by atoms with Gasteiger partial charge in [-0.05, 0) is 25.0 Å². The quantitative estimate of drug-likeness (QED) is 0.510. The Morgan fingerprint density at radius 3 is 2.92 bits per heavy atom. The minimum absolute atomic E-state index is 0.584. The Morgan fingerprint density at radius 2 is 2.23 bits per heavy atom. The van der Waals surface area contributed by atoms with Crippen LogP contribution >= 0.6 is 0 Å². The van der Waals surface area contributed by atoms with Crippen molar-refractivity contribution in [3.8, 4) is 0 Å². The van der Waals surface area contributed by atoms with E-state index in [1.54, 1.807) is 0 Å². The molecule has 0 aliphatic heterocycles. The third-order valence-corrected chi connectivity index (χ3v) is 1.70. The normalized spacial score (nSPS) is 10.6. The summed E-state index contributed by atoms with van der Waals surface area (Å²) in [4.78, 5) is 4.82. The van der Waals surface area contributed by atoms with Gasteiger partial charge in [0.1, 0.15) is 12.8 Å². The largest absolute Gasteiger partial charge is 0.396 e. The van der Waals surface area contributed by atoms with Crippen LogP contribution in [0.25, 0.3) is 0 Å². The van der Waals surface area contributed by atoms with Gasteiger partial charge in [-0.2, -0.15) is 0 Å². The first-order chi connectivity index (χ1) is 6.36. The SMILES string of the molecule is CCO/N=[C]/c1cccc(CC)c1. The first-order valence-corrected chi connectivity index (χ1v) is 4.53. The van der Waals surface area contributed by atoms with Gasteiger partial charge in [0, 0.05) is 5.56 Å². The smallest absolute Gasteiger partial charge is 0.139 e. The molecule has 2 heteroatoms. The molecule has 0 unspecified atom stereocenters. The summed E-state index contributed by atoms with van der Waals surface area (Å²) in [6, 6.07) is 8.11. The molecule has 0 bridgehead atoms. The molecule has 0 N–H and O–H groups in total. The Morgan fingerprint density at radius 1 is 1.38 bits per heavy atom. The molecule has 2 nitrogen and oxygen atoms in total. The monoisotopic (exact) mass is 176 g/mol. The Labute approximate surface area is 79.2 Å². The van der Waals surface area contributed by atoms with E-state index in [1.165, 1.54) is 5.56 Å². The molecule has 0 amide bonds. The fourth-order valence-corrected chi connectivity index (χ4v) is 1.01. The van der Waals surface area contributed by atoms with Gasteiger partial charge in [-0.15, -0.1) is 0 Å². The summed E-state index contributed by atoms with van der Waals surface area (Å²) in [5, 5.41) is 3.69. The molecule has 0 spiro atoms. The van der Waals surface area contributed by atoms with Crippen molar-refractivity contribution in [2.45, 2.75) is 20.3 Å². The van der Waals surface area contributed by atoms with E-state index in [4.69, 9.17) is 4.84 Å². The van der Waals surface area contributed by atoms with Crippen molar-refractivity contribution < 1.29 is 4.84 Å². The molecule has 0 fully saturated rings. The van der Waals surface area contributed by atoms with E-state index < -0.39 is 0 Å². The molecular weight excluding hydrogens is 162 g/mol. The number of benzene rings is 1. The second-order valence-electron chi connectivity index (χ2n) is 2.67. The summed E-state index contributed by atoms with van der Waals surface area (Å²) >= 11 is 0. The zero-order chi connectivity index (χ0) is 9.52. The standard InChI is InChI=1S/C11H14NO/c1-3-10-6-5-7-11(8-10)9-12-13-4-2/h5-8H,3-4H2,1-2H3. The lowest BCUT2D eigenvalue weighted by molar-refractivity contribution is 0.160. The number of hydrogen-bond acceptors (Lipinski definition) is 2. The summed E-state index contributed by atoms with van der Waals surface area (Å²) in [5.41, 5.74) is 2.25. The molecule has 0 saturated heterocycles. The molecule has 0 heterocycles. The maximum absolute atomic E-state index is 4.82. The van der Waals surface area contributed by atoms with Gasteiger partial charge in [-0.1, -0.05) is 30.3 Å².